The molecule has 0 saturated carbocycles. The molecule has 1 amide bonds. The number of aromatic nitrogens is 1. The van der Waals surface area contributed by atoms with Gasteiger partial charge in [0.05, 0.1) is 23.4 Å². The maximum absolute atomic E-state index is 12.4. The molecule has 0 aliphatic carbocycles. The van der Waals surface area contributed by atoms with E-state index in [9.17, 15) is 14.1 Å². The summed E-state index contributed by atoms with van der Waals surface area (Å²) in [7, 11) is 1.54. The van der Waals surface area contributed by atoms with E-state index in [1.807, 2.05) is 4.90 Å². The van der Waals surface area contributed by atoms with E-state index in [-0.39, 0.29) is 38.8 Å². The second-order valence-corrected chi connectivity index (χ2v) is 7.92. The van der Waals surface area contributed by atoms with Crippen molar-refractivity contribution < 1.29 is 23.8 Å². The van der Waals surface area contributed by atoms with Crippen LogP contribution in [0.3, 0.4) is 0 Å². The maximum Gasteiger partial charge on any atom is 0.391 e. The number of thiazole rings is 1. The molecule has 154 valence electrons. The summed E-state index contributed by atoms with van der Waals surface area (Å²) in [6.07, 6.45) is 1.50. The first-order chi connectivity index (χ1) is 13.3. The molecule has 1 aromatic rings. The number of nitrogens with zero attached hydrogens (tertiary/aromatic N) is 3. The number of piperidine rings is 1. The quantitative estimate of drug-likeness (QED) is 0.526. The van der Waals surface area contributed by atoms with E-state index in [0.717, 1.165) is 11.3 Å². The summed E-state index contributed by atoms with van der Waals surface area (Å²) in [4.78, 5) is 36.9. The number of carbonyl (C=O) groups is 2. The normalized spacial score (nSPS) is 21.2. The third-order valence-electron chi connectivity index (χ3n) is 4.09. The molecule has 0 radical (unpaired) electrons. The molecular formula is C16H19Cl2FN4O4S. The van der Waals surface area contributed by atoms with Crippen molar-refractivity contribution in [2.45, 2.75) is 32.4 Å². The van der Waals surface area contributed by atoms with Crippen LogP contribution in [-0.2, 0) is 14.5 Å². The molecule has 1 aromatic heterocycles. The molecule has 8 nitrogen and oxygen atoms in total. The Kier molecular flexibility index (Phi) is 8.17. The molecule has 2 heterocycles. The molecular weight excluding hydrogens is 434 g/mol. The highest BCUT2D eigenvalue weighted by Crippen LogP contribution is 2.27. The fraction of sp³-hybridized carbons (Fsp3) is 0.500. The Bertz CT molecular complexity index is 797. The summed E-state index contributed by atoms with van der Waals surface area (Å²) < 4.78 is 17.5. The summed E-state index contributed by atoms with van der Waals surface area (Å²) >= 11 is 12.6. The Morgan fingerprint density at radius 3 is 2.75 bits per heavy atom. The summed E-state index contributed by atoms with van der Waals surface area (Å²) in [5.74, 6) is -1.46. The minimum Gasteiger partial charge on any atom is -0.377 e. The van der Waals surface area contributed by atoms with E-state index in [1.54, 1.807) is 14.0 Å². The zero-order valence-corrected chi connectivity index (χ0v) is 17.7. The van der Waals surface area contributed by atoms with Gasteiger partial charge >= 0.3 is 5.97 Å². The number of allylic oxidation sites excluding steroid dienone is 1. The highest BCUT2D eigenvalue weighted by Gasteiger charge is 2.32. The first kappa shape index (κ1) is 22.5. The minimum atomic E-state index is -1.08. The van der Waals surface area contributed by atoms with E-state index in [1.165, 1.54) is 13.1 Å². The first-order valence-corrected chi connectivity index (χ1v) is 9.78. The van der Waals surface area contributed by atoms with Crippen LogP contribution in [0.25, 0.3) is 0 Å². The third-order valence-corrected chi connectivity index (χ3v) is 5.77. The molecule has 2 atom stereocenters. The highest BCUT2D eigenvalue weighted by atomic mass is 35.5. The van der Waals surface area contributed by atoms with Crippen molar-refractivity contribution in [1.29, 1.82) is 0 Å². The molecule has 1 N–H and O–H groups in total. The van der Waals surface area contributed by atoms with Crippen LogP contribution in [0.5, 0.6) is 0 Å². The molecule has 2 rings (SSSR count). The van der Waals surface area contributed by atoms with E-state index >= 15 is 0 Å². The van der Waals surface area contributed by atoms with Gasteiger partial charge < -0.3 is 15.0 Å². The van der Waals surface area contributed by atoms with Crippen molar-refractivity contribution >= 4 is 57.3 Å². The molecule has 0 spiro atoms. The van der Waals surface area contributed by atoms with Crippen LogP contribution in [0.1, 0.15) is 29.9 Å². The molecule has 12 heteroatoms. The smallest absolute Gasteiger partial charge is 0.377 e. The van der Waals surface area contributed by atoms with Crippen LogP contribution in [0.15, 0.2) is 21.4 Å². The largest absolute Gasteiger partial charge is 0.391 e. The number of rotatable bonds is 6. The number of amides is 1. The monoisotopic (exact) mass is 452 g/mol. The lowest BCUT2D eigenvalue weighted by molar-refractivity contribution is -0.116. The van der Waals surface area contributed by atoms with Crippen LogP contribution in [0.4, 0.5) is 9.66 Å². The Hall–Kier alpha value is -1.75. The van der Waals surface area contributed by atoms with Gasteiger partial charge in [0.2, 0.25) is 0 Å². The molecule has 0 aromatic carbocycles. The van der Waals surface area contributed by atoms with Gasteiger partial charge in [-0.15, -0.1) is 0 Å². The fourth-order valence-electron chi connectivity index (χ4n) is 2.59. The van der Waals surface area contributed by atoms with Gasteiger partial charge in [0.15, 0.2) is 5.13 Å². The number of hydrogen-bond donors (Lipinski definition) is 1. The zero-order valence-electron chi connectivity index (χ0n) is 15.4. The molecule has 1 aliphatic rings. The van der Waals surface area contributed by atoms with Gasteiger partial charge in [-0.05, 0) is 20.3 Å². The Morgan fingerprint density at radius 1 is 1.43 bits per heavy atom. The predicted molar refractivity (Wildman–Crippen MR) is 106 cm³/mol. The van der Waals surface area contributed by atoms with E-state index in [4.69, 9.17) is 27.9 Å². The standard InChI is InChI=1S/C16H19Cl2FN4O4S/c1-8(17)13(18)21-9(2)14(24)22-10-4-5-23(7-11(10)26-3)16-20-6-12(28-16)15(25)27-19/h6,10-11H,4-5,7H2,1-3H3,(H,22,24)/b13-8+,21-9+/t10?,11-/m0/s1. The van der Waals surface area contributed by atoms with Gasteiger partial charge in [0, 0.05) is 24.7 Å². The number of ether oxygens (including phenoxy) is 1. The van der Waals surface area contributed by atoms with Crippen molar-refractivity contribution in [3.8, 4) is 0 Å². The molecule has 28 heavy (non-hydrogen) atoms. The van der Waals surface area contributed by atoms with Crippen molar-refractivity contribution in [2.24, 2.45) is 4.99 Å². The van der Waals surface area contributed by atoms with Gasteiger partial charge in [0.25, 0.3) is 5.91 Å². The molecule has 1 fully saturated rings. The average molecular weight is 453 g/mol. The van der Waals surface area contributed by atoms with E-state index in [2.05, 4.69) is 20.2 Å². The zero-order chi connectivity index (χ0) is 20.8. The van der Waals surface area contributed by atoms with Gasteiger partial charge in [-0.2, -0.15) is 0 Å². The average Bonchev–Trinajstić information content (AvgIpc) is 3.17. The number of carbonyl (C=O) groups excluding carboxylic acids is 2. The predicted octanol–water partition coefficient (Wildman–Crippen LogP) is 3.02. The third kappa shape index (κ3) is 5.63. The van der Waals surface area contributed by atoms with Crippen LogP contribution in [0, 0.1) is 0 Å². The lowest BCUT2D eigenvalue weighted by Crippen LogP contribution is -2.55. The second kappa shape index (κ2) is 10.1. The van der Waals surface area contributed by atoms with Crippen molar-refractivity contribution in [3.05, 3.63) is 21.3 Å². The number of anilines is 1. The number of methoxy groups -OCH3 is 1. The second-order valence-electron chi connectivity index (χ2n) is 5.98. The van der Waals surface area contributed by atoms with Crippen molar-refractivity contribution in [3.63, 3.8) is 0 Å². The van der Waals surface area contributed by atoms with E-state index in [0.29, 0.717) is 24.6 Å². The molecule has 1 aliphatic heterocycles. The fourth-order valence-corrected chi connectivity index (χ4v) is 3.57. The van der Waals surface area contributed by atoms with Crippen molar-refractivity contribution in [2.75, 3.05) is 25.1 Å². The van der Waals surface area contributed by atoms with Crippen LogP contribution in [0.2, 0.25) is 0 Å². The Balaban J connectivity index is 2.03. The van der Waals surface area contributed by atoms with Gasteiger partial charge in [-0.1, -0.05) is 34.5 Å². The Morgan fingerprint density at radius 2 is 2.14 bits per heavy atom. The number of nitrogens with one attached hydrogen (secondary N) is 1. The Labute approximate surface area is 175 Å². The van der Waals surface area contributed by atoms with Gasteiger partial charge in [-0.3, -0.25) is 4.79 Å². The number of aliphatic imine (C=N–C) groups is 1. The lowest BCUT2D eigenvalue weighted by atomic mass is 10.0. The lowest BCUT2D eigenvalue weighted by Gasteiger charge is -2.37. The molecule has 1 saturated heterocycles. The minimum absolute atomic E-state index is 0.0545. The molecule has 1 unspecified atom stereocenters. The van der Waals surface area contributed by atoms with Crippen molar-refractivity contribution in [1.82, 2.24) is 10.3 Å². The number of hydrogen-bond acceptors (Lipinski definition) is 8. The SMILES string of the molecule is CO[C@H]1CN(c2ncc(C(=O)OF)s2)CCC1NC(=O)/C(C)=N/C(Cl)=C(\C)Cl. The van der Waals surface area contributed by atoms with Crippen LogP contribution in [-0.4, -0.2) is 54.9 Å². The van der Waals surface area contributed by atoms with Crippen LogP contribution >= 0.6 is 34.5 Å². The number of halogens is 3. The topological polar surface area (TPSA) is 93.1 Å². The molecule has 0 bridgehead atoms. The highest BCUT2D eigenvalue weighted by molar-refractivity contribution is 7.17. The summed E-state index contributed by atoms with van der Waals surface area (Å²) in [5, 5.41) is 3.77. The van der Waals surface area contributed by atoms with Crippen LogP contribution < -0.4 is 10.2 Å². The summed E-state index contributed by atoms with van der Waals surface area (Å²) in [6, 6.07) is -0.256. The maximum atomic E-state index is 12.4. The van der Waals surface area contributed by atoms with Gasteiger partial charge in [-0.25, -0.2) is 19.7 Å². The summed E-state index contributed by atoms with van der Waals surface area (Å²) in [5.41, 5.74) is 0.177. The summed E-state index contributed by atoms with van der Waals surface area (Å²) in [6.45, 7) is 4.10. The van der Waals surface area contributed by atoms with Gasteiger partial charge in [0.1, 0.15) is 15.7 Å². The first-order valence-electron chi connectivity index (χ1n) is 8.21. The van der Waals surface area contributed by atoms with E-state index < -0.39 is 5.97 Å².